The summed E-state index contributed by atoms with van der Waals surface area (Å²) in [6, 6.07) is 52.0. The lowest BCUT2D eigenvalue weighted by Crippen LogP contribution is -2.16. The summed E-state index contributed by atoms with van der Waals surface area (Å²) < 4.78 is 2.55. The molecule has 7 aromatic rings. The van der Waals surface area contributed by atoms with Gasteiger partial charge in [0.15, 0.2) is 5.84 Å². The number of rotatable bonds is 7. The SMILES string of the molecule is NC(=NC(=NCc1cccc(Nc2cc3sc4ccccc4c3cc2-c2ccccc2)c1)c1ccccc1)c1ccccc1. The van der Waals surface area contributed by atoms with Gasteiger partial charge in [-0.3, -0.25) is 4.99 Å². The predicted octanol–water partition coefficient (Wildman–Crippen LogP) is 9.82. The molecule has 0 aliphatic rings. The molecule has 44 heavy (non-hydrogen) atoms. The summed E-state index contributed by atoms with van der Waals surface area (Å²) in [6.07, 6.45) is 0. The van der Waals surface area contributed by atoms with Crippen molar-refractivity contribution in [2.24, 2.45) is 15.7 Å². The van der Waals surface area contributed by atoms with Gasteiger partial charge in [0.2, 0.25) is 0 Å². The first-order valence-corrected chi connectivity index (χ1v) is 15.4. The summed E-state index contributed by atoms with van der Waals surface area (Å²) in [7, 11) is 0. The Bertz CT molecular complexity index is 2110. The Morgan fingerprint density at radius 2 is 1.30 bits per heavy atom. The maximum absolute atomic E-state index is 6.40. The van der Waals surface area contributed by atoms with Crippen LogP contribution in [0.3, 0.4) is 0 Å². The topological polar surface area (TPSA) is 62.8 Å². The minimum Gasteiger partial charge on any atom is -0.383 e. The third-order valence-electron chi connectivity index (χ3n) is 7.55. The van der Waals surface area contributed by atoms with E-state index in [2.05, 4.69) is 96.3 Å². The summed E-state index contributed by atoms with van der Waals surface area (Å²) in [6.45, 7) is 0.464. The Morgan fingerprint density at radius 1 is 0.614 bits per heavy atom. The Morgan fingerprint density at radius 3 is 2.07 bits per heavy atom. The first-order valence-electron chi connectivity index (χ1n) is 14.6. The van der Waals surface area contributed by atoms with Crippen LogP contribution >= 0.6 is 11.3 Å². The molecule has 1 aromatic heterocycles. The number of benzene rings is 6. The molecule has 0 aliphatic heterocycles. The first kappa shape index (κ1) is 27.3. The number of nitrogens with two attached hydrogens (primary N) is 1. The summed E-state index contributed by atoms with van der Waals surface area (Å²) in [4.78, 5) is 9.68. The van der Waals surface area contributed by atoms with Gasteiger partial charge in [-0.05, 0) is 41.5 Å². The molecule has 0 bridgehead atoms. The molecule has 4 nitrogen and oxygen atoms in total. The zero-order valence-corrected chi connectivity index (χ0v) is 24.8. The standard InChI is InChI=1S/C39H30N4S/c40-38(29-16-6-2-7-17-29)43-39(30-18-8-3-9-19-30)41-26-27-13-12-20-31(23-27)42-35-25-37-34(32-21-10-11-22-36(32)44-37)24-33(35)28-14-4-1-5-15-28/h1-25,42H,26H2,(H2,40,41,43). The minimum absolute atomic E-state index is 0.439. The molecule has 5 heteroatoms. The Kier molecular flexibility index (Phi) is 7.69. The van der Waals surface area contributed by atoms with Crippen molar-refractivity contribution in [3.8, 4) is 11.1 Å². The van der Waals surface area contributed by atoms with E-state index in [0.29, 0.717) is 18.2 Å². The molecule has 0 unspecified atom stereocenters. The number of thiophene rings is 1. The molecule has 3 N–H and O–H groups in total. The van der Waals surface area contributed by atoms with Crippen molar-refractivity contribution in [1.29, 1.82) is 0 Å². The predicted molar refractivity (Wildman–Crippen MR) is 188 cm³/mol. The lowest BCUT2D eigenvalue weighted by molar-refractivity contribution is 1.06. The molecule has 0 radical (unpaired) electrons. The average molecular weight is 587 g/mol. The van der Waals surface area contributed by atoms with Crippen molar-refractivity contribution in [2.75, 3.05) is 5.32 Å². The molecular formula is C39H30N4S. The molecule has 6 aromatic carbocycles. The second-order valence-electron chi connectivity index (χ2n) is 10.6. The highest BCUT2D eigenvalue weighted by Gasteiger charge is 2.13. The fraction of sp³-hybridized carbons (Fsp3) is 0.0256. The van der Waals surface area contributed by atoms with Crippen molar-refractivity contribution in [1.82, 2.24) is 0 Å². The second-order valence-corrected chi connectivity index (χ2v) is 11.6. The van der Waals surface area contributed by atoms with Gasteiger partial charge in [-0.15, -0.1) is 11.3 Å². The van der Waals surface area contributed by atoms with Crippen LogP contribution in [0.1, 0.15) is 16.7 Å². The third kappa shape index (κ3) is 5.87. The molecule has 0 fully saturated rings. The minimum atomic E-state index is 0.439. The van der Waals surface area contributed by atoms with Crippen molar-refractivity contribution in [2.45, 2.75) is 6.54 Å². The lowest BCUT2D eigenvalue weighted by Gasteiger charge is -2.14. The zero-order chi connectivity index (χ0) is 29.7. The van der Waals surface area contributed by atoms with Gasteiger partial charge in [0, 0.05) is 48.2 Å². The quantitative estimate of drug-likeness (QED) is 0.144. The Labute approximate surface area is 260 Å². The second kappa shape index (κ2) is 12.4. The van der Waals surface area contributed by atoms with E-state index >= 15 is 0 Å². The van der Waals surface area contributed by atoms with E-state index in [1.165, 1.54) is 31.3 Å². The number of amidine groups is 2. The molecule has 212 valence electrons. The van der Waals surface area contributed by atoms with E-state index in [1.54, 1.807) is 0 Å². The molecule has 0 spiro atoms. The summed E-state index contributed by atoms with van der Waals surface area (Å²) >= 11 is 1.83. The number of nitrogens with zero attached hydrogens (tertiary/aromatic N) is 2. The fourth-order valence-corrected chi connectivity index (χ4v) is 6.49. The smallest absolute Gasteiger partial charge is 0.157 e. The van der Waals surface area contributed by atoms with Crippen LogP contribution in [0.2, 0.25) is 0 Å². The monoisotopic (exact) mass is 586 g/mol. The molecular weight excluding hydrogens is 557 g/mol. The molecule has 0 saturated heterocycles. The lowest BCUT2D eigenvalue weighted by atomic mass is 10.0. The normalized spacial score (nSPS) is 12.1. The van der Waals surface area contributed by atoms with E-state index in [0.717, 1.165) is 28.1 Å². The highest BCUT2D eigenvalue weighted by atomic mass is 32.1. The van der Waals surface area contributed by atoms with E-state index in [9.17, 15) is 0 Å². The molecule has 0 amide bonds. The van der Waals surface area contributed by atoms with Crippen molar-refractivity contribution < 1.29 is 0 Å². The van der Waals surface area contributed by atoms with Crippen LogP contribution in [-0.4, -0.2) is 11.7 Å². The summed E-state index contributed by atoms with van der Waals surface area (Å²) in [5, 5.41) is 6.30. The van der Waals surface area contributed by atoms with Crippen LogP contribution in [-0.2, 0) is 6.54 Å². The third-order valence-corrected chi connectivity index (χ3v) is 8.68. The maximum Gasteiger partial charge on any atom is 0.157 e. The van der Waals surface area contributed by atoms with E-state index in [4.69, 9.17) is 15.7 Å². The van der Waals surface area contributed by atoms with Gasteiger partial charge >= 0.3 is 0 Å². The molecule has 7 rings (SSSR count). The number of hydrogen-bond acceptors (Lipinski definition) is 3. The summed E-state index contributed by atoms with van der Waals surface area (Å²) in [5.41, 5.74) is 13.7. The Balaban J connectivity index is 1.23. The zero-order valence-electron chi connectivity index (χ0n) is 24.0. The number of fused-ring (bicyclic) bond motifs is 3. The van der Waals surface area contributed by atoms with E-state index in [-0.39, 0.29) is 0 Å². The molecule has 0 aliphatic carbocycles. The van der Waals surface area contributed by atoms with Gasteiger partial charge in [-0.1, -0.05) is 121 Å². The van der Waals surface area contributed by atoms with Crippen molar-refractivity contribution >= 4 is 54.6 Å². The van der Waals surface area contributed by atoms with E-state index < -0.39 is 0 Å². The summed E-state index contributed by atoms with van der Waals surface area (Å²) in [5.74, 6) is 1.04. The van der Waals surface area contributed by atoms with Crippen molar-refractivity contribution in [3.05, 3.63) is 168 Å². The van der Waals surface area contributed by atoms with Crippen LogP contribution in [0.25, 0.3) is 31.3 Å². The number of nitrogens with one attached hydrogen (secondary N) is 1. The molecule has 0 atom stereocenters. The van der Waals surface area contributed by atoms with Crippen LogP contribution in [0.15, 0.2) is 162 Å². The Hall–Kier alpha value is -5.52. The number of aliphatic imine (C=N–C) groups is 2. The van der Waals surface area contributed by atoms with Gasteiger partial charge in [0.05, 0.1) is 6.54 Å². The fourth-order valence-electron chi connectivity index (χ4n) is 5.37. The van der Waals surface area contributed by atoms with Gasteiger partial charge in [-0.2, -0.15) is 0 Å². The van der Waals surface area contributed by atoms with Crippen LogP contribution < -0.4 is 11.1 Å². The van der Waals surface area contributed by atoms with Gasteiger partial charge < -0.3 is 11.1 Å². The van der Waals surface area contributed by atoms with Crippen LogP contribution in [0.4, 0.5) is 11.4 Å². The highest BCUT2D eigenvalue weighted by molar-refractivity contribution is 7.25. The highest BCUT2D eigenvalue weighted by Crippen LogP contribution is 2.41. The largest absolute Gasteiger partial charge is 0.383 e. The van der Waals surface area contributed by atoms with Crippen LogP contribution in [0.5, 0.6) is 0 Å². The maximum atomic E-state index is 6.40. The average Bonchev–Trinajstić information content (AvgIpc) is 3.45. The van der Waals surface area contributed by atoms with Crippen LogP contribution in [0, 0.1) is 0 Å². The number of hydrogen-bond donors (Lipinski definition) is 2. The number of anilines is 2. The van der Waals surface area contributed by atoms with E-state index in [1.807, 2.05) is 72.0 Å². The van der Waals surface area contributed by atoms with Crippen molar-refractivity contribution in [3.63, 3.8) is 0 Å². The molecule has 0 saturated carbocycles. The van der Waals surface area contributed by atoms with Gasteiger partial charge in [0.25, 0.3) is 0 Å². The first-order chi connectivity index (χ1) is 21.7. The molecule has 1 heterocycles. The van der Waals surface area contributed by atoms with Gasteiger partial charge in [0.1, 0.15) is 5.84 Å². The van der Waals surface area contributed by atoms with Gasteiger partial charge in [-0.25, -0.2) is 4.99 Å².